The van der Waals surface area contributed by atoms with Crippen LogP contribution in [0.25, 0.3) is 0 Å². The van der Waals surface area contributed by atoms with E-state index in [1.165, 1.54) is 12.3 Å². The monoisotopic (exact) mass is 326 g/mol. The van der Waals surface area contributed by atoms with Crippen molar-refractivity contribution in [2.45, 2.75) is 33.3 Å². The van der Waals surface area contributed by atoms with Crippen molar-refractivity contribution in [1.29, 1.82) is 5.26 Å². The fraction of sp³-hybridized carbons (Fsp3) is 0.294. The smallest absolute Gasteiger partial charge is 0.359 e. The molecule has 1 amide bonds. The van der Waals surface area contributed by atoms with E-state index >= 15 is 0 Å². The molecule has 1 heterocycles. The quantitative estimate of drug-likeness (QED) is 0.843. The minimum Gasteiger partial charge on any atom is -0.455 e. The third-order valence-corrected chi connectivity index (χ3v) is 3.11. The first-order valence-electron chi connectivity index (χ1n) is 7.30. The van der Waals surface area contributed by atoms with Crippen molar-refractivity contribution in [1.82, 2.24) is 10.2 Å². The van der Waals surface area contributed by atoms with Gasteiger partial charge in [0.1, 0.15) is 5.60 Å². The maximum Gasteiger partial charge on any atom is 0.359 e. The number of aryl methyl sites for hydroxylation is 1. The lowest BCUT2D eigenvalue weighted by Gasteiger charge is -2.19. The molecule has 2 rings (SSSR count). The van der Waals surface area contributed by atoms with Gasteiger partial charge in [0, 0.05) is 5.56 Å². The molecule has 0 fully saturated rings. The minimum absolute atomic E-state index is 0.0610. The van der Waals surface area contributed by atoms with Gasteiger partial charge in [-0.25, -0.2) is 4.79 Å². The number of carbonyl (C=O) groups excluding carboxylic acids is 2. The highest BCUT2D eigenvalue weighted by Crippen LogP contribution is 2.18. The highest BCUT2D eigenvalue weighted by molar-refractivity contribution is 6.07. The Labute approximate surface area is 139 Å². The standard InChI is InChI=1S/C17H18N4O3/c1-10-5-6-11(7-12(10)8-18)15(22)20-13-9-19-21-14(13)16(23)24-17(2,3)4/h5-7,9H,1-4H3,(H,19,21)(H,20,22). The van der Waals surface area contributed by atoms with Gasteiger partial charge in [-0.05, 0) is 45.4 Å². The highest BCUT2D eigenvalue weighted by Gasteiger charge is 2.23. The van der Waals surface area contributed by atoms with Crippen molar-refractivity contribution in [2.24, 2.45) is 0 Å². The van der Waals surface area contributed by atoms with E-state index < -0.39 is 17.5 Å². The summed E-state index contributed by atoms with van der Waals surface area (Å²) >= 11 is 0. The van der Waals surface area contributed by atoms with Crippen molar-refractivity contribution in [3.05, 3.63) is 46.8 Å². The number of amides is 1. The molecule has 2 N–H and O–H groups in total. The molecular weight excluding hydrogens is 308 g/mol. The van der Waals surface area contributed by atoms with Crippen LogP contribution in [0.3, 0.4) is 0 Å². The first-order valence-corrected chi connectivity index (χ1v) is 7.30. The van der Waals surface area contributed by atoms with Crippen LogP contribution in [0.2, 0.25) is 0 Å². The molecule has 0 unspecified atom stereocenters. The second-order valence-electron chi connectivity index (χ2n) is 6.26. The topological polar surface area (TPSA) is 108 Å². The Balaban J connectivity index is 2.21. The number of benzene rings is 1. The zero-order valence-corrected chi connectivity index (χ0v) is 13.9. The molecule has 0 saturated carbocycles. The van der Waals surface area contributed by atoms with Crippen LogP contribution in [0.15, 0.2) is 24.4 Å². The van der Waals surface area contributed by atoms with E-state index in [4.69, 9.17) is 10.00 Å². The summed E-state index contributed by atoms with van der Waals surface area (Å²) in [5.74, 6) is -1.06. The van der Waals surface area contributed by atoms with E-state index in [1.807, 2.05) is 6.07 Å². The third kappa shape index (κ3) is 3.98. The number of esters is 1. The van der Waals surface area contributed by atoms with Gasteiger partial charge < -0.3 is 10.1 Å². The van der Waals surface area contributed by atoms with Crippen molar-refractivity contribution in [3.63, 3.8) is 0 Å². The number of H-pyrrole nitrogens is 1. The maximum absolute atomic E-state index is 12.3. The fourth-order valence-corrected chi connectivity index (χ4v) is 1.94. The fourth-order valence-electron chi connectivity index (χ4n) is 1.94. The SMILES string of the molecule is Cc1ccc(C(=O)Nc2cn[nH]c2C(=O)OC(C)(C)C)cc1C#N. The van der Waals surface area contributed by atoms with Gasteiger partial charge in [-0.2, -0.15) is 10.4 Å². The molecule has 124 valence electrons. The lowest BCUT2D eigenvalue weighted by molar-refractivity contribution is 0.00640. The zero-order chi connectivity index (χ0) is 17.9. The van der Waals surface area contributed by atoms with Gasteiger partial charge in [0.05, 0.1) is 23.5 Å². The number of aromatic nitrogens is 2. The summed E-state index contributed by atoms with van der Waals surface area (Å²) in [5.41, 5.74) is 1.13. The molecule has 0 saturated heterocycles. The Kier molecular flexibility index (Phi) is 4.69. The van der Waals surface area contributed by atoms with Gasteiger partial charge in [0.25, 0.3) is 5.91 Å². The zero-order valence-electron chi connectivity index (χ0n) is 13.9. The van der Waals surface area contributed by atoms with Crippen LogP contribution in [0.5, 0.6) is 0 Å². The summed E-state index contributed by atoms with van der Waals surface area (Å²) in [4.78, 5) is 24.5. The maximum atomic E-state index is 12.3. The van der Waals surface area contributed by atoms with Gasteiger partial charge in [0.2, 0.25) is 0 Å². The van der Waals surface area contributed by atoms with Crippen LogP contribution in [-0.2, 0) is 4.74 Å². The number of carbonyl (C=O) groups is 2. The number of nitrogens with zero attached hydrogens (tertiary/aromatic N) is 2. The second-order valence-corrected chi connectivity index (χ2v) is 6.26. The summed E-state index contributed by atoms with van der Waals surface area (Å²) in [6.45, 7) is 7.02. The Morgan fingerprint density at radius 3 is 2.67 bits per heavy atom. The number of anilines is 1. The highest BCUT2D eigenvalue weighted by atomic mass is 16.6. The second kappa shape index (κ2) is 6.54. The van der Waals surface area contributed by atoms with E-state index in [9.17, 15) is 9.59 Å². The average Bonchev–Trinajstić information content (AvgIpc) is 2.94. The van der Waals surface area contributed by atoms with E-state index in [1.54, 1.807) is 39.8 Å². The Morgan fingerprint density at radius 2 is 2.04 bits per heavy atom. The molecule has 1 aromatic heterocycles. The number of nitrogens with one attached hydrogen (secondary N) is 2. The Hall–Kier alpha value is -3.14. The first kappa shape index (κ1) is 17.2. The molecule has 7 heteroatoms. The normalized spacial score (nSPS) is 10.8. The molecule has 7 nitrogen and oxygen atoms in total. The molecule has 1 aromatic carbocycles. The summed E-state index contributed by atoms with van der Waals surface area (Å²) in [5, 5.41) is 17.9. The molecular formula is C17H18N4O3. The summed E-state index contributed by atoms with van der Waals surface area (Å²) in [6, 6.07) is 6.83. The molecule has 0 aliphatic carbocycles. The van der Waals surface area contributed by atoms with Crippen LogP contribution in [0.4, 0.5) is 5.69 Å². The van der Waals surface area contributed by atoms with E-state index in [0.29, 0.717) is 11.1 Å². The van der Waals surface area contributed by atoms with Crippen LogP contribution in [-0.4, -0.2) is 27.7 Å². The lowest BCUT2D eigenvalue weighted by atomic mass is 10.1. The molecule has 0 aliphatic heterocycles. The van der Waals surface area contributed by atoms with Gasteiger partial charge in [-0.15, -0.1) is 0 Å². The number of aromatic amines is 1. The van der Waals surface area contributed by atoms with Crippen molar-refractivity contribution in [2.75, 3.05) is 5.32 Å². The summed E-state index contributed by atoms with van der Waals surface area (Å²) in [7, 11) is 0. The van der Waals surface area contributed by atoms with Gasteiger partial charge in [-0.1, -0.05) is 6.07 Å². The van der Waals surface area contributed by atoms with Crippen LogP contribution >= 0.6 is 0 Å². The number of rotatable bonds is 3. The molecule has 0 spiro atoms. The Morgan fingerprint density at radius 1 is 1.33 bits per heavy atom. The van der Waals surface area contributed by atoms with Crippen LogP contribution < -0.4 is 5.32 Å². The largest absolute Gasteiger partial charge is 0.455 e. The van der Waals surface area contributed by atoms with E-state index in [-0.39, 0.29) is 11.4 Å². The molecule has 0 bridgehead atoms. The molecule has 0 atom stereocenters. The van der Waals surface area contributed by atoms with Crippen LogP contribution in [0.1, 0.15) is 52.7 Å². The number of nitriles is 1. The number of hydrogen-bond donors (Lipinski definition) is 2. The lowest BCUT2D eigenvalue weighted by Crippen LogP contribution is -2.25. The number of ether oxygens (including phenoxy) is 1. The molecule has 0 radical (unpaired) electrons. The molecule has 2 aromatic rings. The van der Waals surface area contributed by atoms with E-state index in [0.717, 1.165) is 5.56 Å². The van der Waals surface area contributed by atoms with Crippen molar-refractivity contribution in [3.8, 4) is 6.07 Å². The number of hydrogen-bond acceptors (Lipinski definition) is 5. The van der Waals surface area contributed by atoms with Crippen LogP contribution in [0, 0.1) is 18.3 Å². The van der Waals surface area contributed by atoms with Crippen molar-refractivity contribution >= 4 is 17.6 Å². The third-order valence-electron chi connectivity index (χ3n) is 3.11. The van der Waals surface area contributed by atoms with E-state index in [2.05, 4.69) is 15.5 Å². The first-order chi connectivity index (χ1) is 11.2. The molecule has 24 heavy (non-hydrogen) atoms. The summed E-state index contributed by atoms with van der Waals surface area (Å²) < 4.78 is 5.26. The Bertz CT molecular complexity index is 825. The predicted molar refractivity (Wildman–Crippen MR) is 87.6 cm³/mol. The molecule has 0 aliphatic rings. The summed E-state index contributed by atoms with van der Waals surface area (Å²) in [6.07, 6.45) is 1.33. The van der Waals surface area contributed by atoms with Gasteiger partial charge in [-0.3, -0.25) is 9.89 Å². The average molecular weight is 326 g/mol. The van der Waals surface area contributed by atoms with Gasteiger partial charge in [0.15, 0.2) is 5.69 Å². The van der Waals surface area contributed by atoms with Crippen molar-refractivity contribution < 1.29 is 14.3 Å². The minimum atomic E-state index is -0.665. The predicted octanol–water partition coefficient (Wildman–Crippen LogP) is 2.80. The van der Waals surface area contributed by atoms with Gasteiger partial charge >= 0.3 is 5.97 Å².